The van der Waals surface area contributed by atoms with Crippen LogP contribution < -0.4 is 18.9 Å². The summed E-state index contributed by atoms with van der Waals surface area (Å²) in [6.45, 7) is 0.127. The number of pyridine rings is 1. The van der Waals surface area contributed by atoms with Crippen molar-refractivity contribution in [1.82, 2.24) is 4.98 Å². The molecule has 1 aliphatic heterocycles. The summed E-state index contributed by atoms with van der Waals surface area (Å²) in [7, 11) is 3.21. The molecule has 0 aliphatic carbocycles. The molecular weight excluding hydrogens is 346 g/mol. The molecule has 5 rings (SSSR count). The Bertz CT molecular complexity index is 1220. The second-order valence-electron chi connectivity index (χ2n) is 6.39. The quantitative estimate of drug-likeness (QED) is 0.559. The lowest BCUT2D eigenvalue weighted by Gasteiger charge is -2.14. The highest BCUT2D eigenvalue weighted by atomic mass is 16.7. The van der Waals surface area contributed by atoms with E-state index in [1.54, 1.807) is 14.2 Å². The topological polar surface area (TPSA) is 70.0 Å². The average molecular weight is 363 g/mol. The summed E-state index contributed by atoms with van der Waals surface area (Å²) in [6, 6.07) is 9.64. The van der Waals surface area contributed by atoms with E-state index in [4.69, 9.17) is 18.9 Å². The first kappa shape index (κ1) is 16.0. The molecule has 0 radical (unpaired) electrons. The molecule has 6 heteroatoms. The van der Waals surface area contributed by atoms with E-state index in [9.17, 15) is 5.11 Å². The van der Waals surface area contributed by atoms with E-state index in [0.717, 1.165) is 38.0 Å². The molecule has 0 unspecified atom stereocenters. The van der Waals surface area contributed by atoms with E-state index in [1.807, 2.05) is 36.5 Å². The summed E-state index contributed by atoms with van der Waals surface area (Å²) < 4.78 is 21.9. The van der Waals surface area contributed by atoms with Gasteiger partial charge in [-0.25, -0.2) is 0 Å². The SMILES string of the molecule is COc1cc2c(CO)cc3c4cc5c(cc4ncc3c2cc1OC)OCO5. The number of aliphatic hydroxyl groups excluding tert-OH is 1. The van der Waals surface area contributed by atoms with Gasteiger partial charge < -0.3 is 24.1 Å². The maximum atomic E-state index is 9.98. The van der Waals surface area contributed by atoms with Gasteiger partial charge in [0.05, 0.1) is 26.3 Å². The molecule has 4 aromatic rings. The fraction of sp³-hybridized carbons (Fsp3) is 0.190. The lowest BCUT2D eigenvalue weighted by molar-refractivity contribution is 0.174. The van der Waals surface area contributed by atoms with Crippen LogP contribution in [-0.2, 0) is 6.61 Å². The van der Waals surface area contributed by atoms with Crippen molar-refractivity contribution in [2.45, 2.75) is 6.61 Å². The van der Waals surface area contributed by atoms with Crippen molar-refractivity contribution in [1.29, 1.82) is 0 Å². The number of aromatic nitrogens is 1. The number of hydrogen-bond acceptors (Lipinski definition) is 6. The standard InChI is InChI=1S/C21H17NO5/c1-24-18-4-12-11(9-23)3-13-15-6-20-21(27-10-26-20)7-17(15)22-8-16(13)14(12)5-19(18)25-2/h3-8,23H,9-10H2,1-2H3. The molecule has 27 heavy (non-hydrogen) atoms. The van der Waals surface area contributed by atoms with Crippen LogP contribution in [0, 0.1) is 0 Å². The third-order valence-electron chi connectivity index (χ3n) is 5.05. The molecule has 0 atom stereocenters. The second-order valence-corrected chi connectivity index (χ2v) is 6.39. The van der Waals surface area contributed by atoms with Crippen LogP contribution in [0.4, 0.5) is 0 Å². The molecular formula is C21H17NO5. The third-order valence-corrected chi connectivity index (χ3v) is 5.05. The van der Waals surface area contributed by atoms with E-state index in [1.165, 1.54) is 0 Å². The normalized spacial score (nSPS) is 12.9. The third kappa shape index (κ3) is 2.27. The molecule has 0 saturated carbocycles. The summed E-state index contributed by atoms with van der Waals surface area (Å²) in [5.41, 5.74) is 1.62. The maximum Gasteiger partial charge on any atom is 0.231 e. The summed E-state index contributed by atoms with van der Waals surface area (Å²) in [4.78, 5) is 4.62. The number of hydrogen-bond donors (Lipinski definition) is 1. The Labute approximate surface area is 154 Å². The van der Waals surface area contributed by atoms with Gasteiger partial charge in [-0.05, 0) is 46.0 Å². The highest BCUT2D eigenvalue weighted by Gasteiger charge is 2.18. The van der Waals surface area contributed by atoms with Gasteiger partial charge in [0.2, 0.25) is 6.79 Å². The van der Waals surface area contributed by atoms with E-state index >= 15 is 0 Å². The van der Waals surface area contributed by atoms with E-state index in [-0.39, 0.29) is 13.4 Å². The first-order valence-corrected chi connectivity index (χ1v) is 8.54. The number of rotatable bonds is 3. The zero-order valence-corrected chi connectivity index (χ0v) is 14.9. The van der Waals surface area contributed by atoms with Gasteiger partial charge in [0.1, 0.15) is 0 Å². The molecule has 1 aromatic heterocycles. The van der Waals surface area contributed by atoms with Gasteiger partial charge in [-0.3, -0.25) is 4.98 Å². The predicted molar refractivity (Wildman–Crippen MR) is 102 cm³/mol. The Morgan fingerprint density at radius 2 is 1.52 bits per heavy atom. The van der Waals surface area contributed by atoms with Crippen LogP contribution in [0.2, 0.25) is 0 Å². The zero-order valence-electron chi connectivity index (χ0n) is 14.9. The van der Waals surface area contributed by atoms with Gasteiger partial charge in [-0.15, -0.1) is 0 Å². The minimum Gasteiger partial charge on any atom is -0.493 e. The molecule has 1 N–H and O–H groups in total. The smallest absolute Gasteiger partial charge is 0.231 e. The Kier molecular flexibility index (Phi) is 3.48. The minimum atomic E-state index is -0.0870. The largest absolute Gasteiger partial charge is 0.493 e. The molecule has 1 aliphatic rings. The van der Waals surface area contributed by atoms with Crippen molar-refractivity contribution in [3.05, 3.63) is 42.1 Å². The molecule has 3 aromatic carbocycles. The molecule has 0 spiro atoms. The molecule has 0 amide bonds. The van der Waals surface area contributed by atoms with Crippen molar-refractivity contribution in [3.63, 3.8) is 0 Å². The van der Waals surface area contributed by atoms with Crippen molar-refractivity contribution in [2.75, 3.05) is 21.0 Å². The monoisotopic (exact) mass is 363 g/mol. The van der Waals surface area contributed by atoms with Crippen LogP contribution in [-0.4, -0.2) is 31.1 Å². The van der Waals surface area contributed by atoms with Crippen LogP contribution in [0.15, 0.2) is 36.5 Å². The van der Waals surface area contributed by atoms with Gasteiger partial charge in [-0.2, -0.15) is 0 Å². The van der Waals surface area contributed by atoms with Crippen molar-refractivity contribution in [2.24, 2.45) is 0 Å². The minimum absolute atomic E-state index is 0.0870. The molecule has 2 heterocycles. The fourth-order valence-electron chi connectivity index (χ4n) is 3.72. The number of benzene rings is 3. The Hall–Kier alpha value is -3.25. The first-order valence-electron chi connectivity index (χ1n) is 8.54. The maximum absolute atomic E-state index is 9.98. The van der Waals surface area contributed by atoms with Crippen LogP contribution in [0.5, 0.6) is 23.0 Å². The summed E-state index contributed by atoms with van der Waals surface area (Å²) >= 11 is 0. The van der Waals surface area contributed by atoms with Crippen LogP contribution in [0.3, 0.4) is 0 Å². The van der Waals surface area contributed by atoms with Gasteiger partial charge in [0, 0.05) is 23.0 Å². The van der Waals surface area contributed by atoms with E-state index in [0.29, 0.717) is 23.0 Å². The summed E-state index contributed by atoms with van der Waals surface area (Å²) in [5, 5.41) is 14.7. The van der Waals surface area contributed by atoms with Gasteiger partial charge in [-0.1, -0.05) is 0 Å². The summed E-state index contributed by atoms with van der Waals surface area (Å²) in [5.74, 6) is 2.65. The highest BCUT2D eigenvalue weighted by molar-refractivity contribution is 6.17. The number of ether oxygens (including phenoxy) is 4. The molecule has 0 saturated heterocycles. The predicted octanol–water partition coefficient (Wildman–Crippen LogP) is 3.78. The van der Waals surface area contributed by atoms with Crippen LogP contribution in [0.1, 0.15) is 5.56 Å². The Morgan fingerprint density at radius 3 is 2.22 bits per heavy atom. The van der Waals surface area contributed by atoms with Gasteiger partial charge >= 0.3 is 0 Å². The van der Waals surface area contributed by atoms with Crippen LogP contribution >= 0.6 is 0 Å². The molecule has 136 valence electrons. The molecule has 0 bridgehead atoms. The lowest BCUT2D eigenvalue weighted by Crippen LogP contribution is -1.95. The molecule has 6 nitrogen and oxygen atoms in total. The van der Waals surface area contributed by atoms with E-state index in [2.05, 4.69) is 4.98 Å². The number of fused-ring (bicyclic) bond motifs is 6. The highest BCUT2D eigenvalue weighted by Crippen LogP contribution is 2.42. The number of aliphatic hydroxyl groups is 1. The Balaban J connectivity index is 1.93. The van der Waals surface area contributed by atoms with Crippen LogP contribution in [0.25, 0.3) is 32.4 Å². The lowest BCUT2D eigenvalue weighted by atomic mass is 9.95. The Morgan fingerprint density at radius 1 is 0.852 bits per heavy atom. The van der Waals surface area contributed by atoms with Gasteiger partial charge in [0.25, 0.3) is 0 Å². The zero-order chi connectivity index (χ0) is 18.5. The van der Waals surface area contributed by atoms with Crippen molar-refractivity contribution < 1.29 is 24.1 Å². The number of nitrogens with zero attached hydrogens (tertiary/aromatic N) is 1. The first-order chi connectivity index (χ1) is 13.2. The number of methoxy groups -OCH3 is 2. The summed E-state index contributed by atoms with van der Waals surface area (Å²) in [6.07, 6.45) is 1.84. The average Bonchev–Trinajstić information content (AvgIpc) is 3.17. The van der Waals surface area contributed by atoms with Crippen molar-refractivity contribution >= 4 is 32.4 Å². The second kappa shape index (κ2) is 5.89. The molecule has 0 fully saturated rings. The van der Waals surface area contributed by atoms with Gasteiger partial charge in [0.15, 0.2) is 23.0 Å². The van der Waals surface area contributed by atoms with E-state index < -0.39 is 0 Å². The fourth-order valence-corrected chi connectivity index (χ4v) is 3.72. The van der Waals surface area contributed by atoms with Crippen molar-refractivity contribution in [3.8, 4) is 23.0 Å².